The third-order valence-electron chi connectivity index (χ3n) is 1.34. The third kappa shape index (κ3) is 1.64. The molecule has 0 saturated carbocycles. The summed E-state index contributed by atoms with van der Waals surface area (Å²) in [7, 11) is 1.61. The molecule has 11 heavy (non-hydrogen) atoms. The standard InChI is InChI=1S/C7H9BrN2O/c1-11-6-4-2-3-5(10-9)7(6)8/h2-4,10H,9H2,1H3. The average molecular weight is 217 g/mol. The first-order chi connectivity index (χ1) is 5.29. The van der Waals surface area contributed by atoms with Crippen molar-refractivity contribution in [2.45, 2.75) is 0 Å². The van der Waals surface area contributed by atoms with E-state index >= 15 is 0 Å². The van der Waals surface area contributed by atoms with Crippen LogP contribution in [0.2, 0.25) is 0 Å². The molecule has 1 aromatic rings. The molecule has 4 heteroatoms. The zero-order valence-corrected chi connectivity index (χ0v) is 7.68. The van der Waals surface area contributed by atoms with Crippen LogP contribution in [0, 0.1) is 0 Å². The van der Waals surface area contributed by atoms with Crippen molar-refractivity contribution in [1.82, 2.24) is 0 Å². The molecule has 1 aromatic carbocycles. The molecule has 60 valence electrons. The zero-order valence-electron chi connectivity index (χ0n) is 6.10. The summed E-state index contributed by atoms with van der Waals surface area (Å²) >= 11 is 3.33. The minimum atomic E-state index is 0.764. The van der Waals surface area contributed by atoms with Crippen LogP contribution in [0.15, 0.2) is 22.7 Å². The van der Waals surface area contributed by atoms with Gasteiger partial charge in [-0.25, -0.2) is 0 Å². The number of nitrogen functional groups attached to an aromatic ring is 1. The summed E-state index contributed by atoms with van der Waals surface area (Å²) in [4.78, 5) is 0. The summed E-state index contributed by atoms with van der Waals surface area (Å²) in [6.45, 7) is 0. The van der Waals surface area contributed by atoms with Gasteiger partial charge < -0.3 is 10.2 Å². The largest absolute Gasteiger partial charge is 0.495 e. The predicted octanol–water partition coefficient (Wildman–Crippen LogP) is 1.74. The van der Waals surface area contributed by atoms with E-state index in [1.54, 1.807) is 7.11 Å². The van der Waals surface area contributed by atoms with Crippen LogP contribution < -0.4 is 16.0 Å². The van der Waals surface area contributed by atoms with E-state index in [-0.39, 0.29) is 0 Å². The Kier molecular flexibility index (Phi) is 2.73. The van der Waals surface area contributed by atoms with Crippen molar-refractivity contribution in [3.05, 3.63) is 22.7 Å². The molecule has 0 fully saturated rings. The Labute approximate surface area is 73.6 Å². The molecule has 0 spiro atoms. The number of hydrogen-bond donors (Lipinski definition) is 2. The first-order valence-corrected chi connectivity index (χ1v) is 3.88. The van der Waals surface area contributed by atoms with Crippen LogP contribution in [0.4, 0.5) is 5.69 Å². The molecule has 3 N–H and O–H groups in total. The highest BCUT2D eigenvalue weighted by Crippen LogP contribution is 2.31. The molecule has 0 radical (unpaired) electrons. The van der Waals surface area contributed by atoms with Crippen LogP contribution in [-0.4, -0.2) is 7.11 Å². The van der Waals surface area contributed by atoms with Crippen LogP contribution in [0.1, 0.15) is 0 Å². The number of nitrogens with one attached hydrogen (secondary N) is 1. The van der Waals surface area contributed by atoms with Crippen molar-refractivity contribution in [3.63, 3.8) is 0 Å². The van der Waals surface area contributed by atoms with E-state index in [2.05, 4.69) is 21.4 Å². The lowest BCUT2D eigenvalue weighted by atomic mass is 10.3. The number of ether oxygens (including phenoxy) is 1. The molecule has 0 saturated heterocycles. The number of methoxy groups -OCH3 is 1. The van der Waals surface area contributed by atoms with Gasteiger partial charge in [0.1, 0.15) is 5.75 Å². The summed E-state index contributed by atoms with van der Waals surface area (Å²) in [5.41, 5.74) is 3.35. The van der Waals surface area contributed by atoms with E-state index < -0.39 is 0 Å². The molecule has 0 bridgehead atoms. The molecule has 3 nitrogen and oxygen atoms in total. The van der Waals surface area contributed by atoms with Crippen LogP contribution in [0.3, 0.4) is 0 Å². The second-order valence-electron chi connectivity index (χ2n) is 1.97. The lowest BCUT2D eigenvalue weighted by molar-refractivity contribution is 0.412. The molecule has 0 unspecified atom stereocenters. The van der Waals surface area contributed by atoms with Crippen molar-refractivity contribution < 1.29 is 4.74 Å². The molecule has 0 aromatic heterocycles. The molecule has 0 aliphatic rings. The molecule has 0 atom stereocenters. The topological polar surface area (TPSA) is 47.3 Å². The maximum Gasteiger partial charge on any atom is 0.135 e. The monoisotopic (exact) mass is 216 g/mol. The zero-order chi connectivity index (χ0) is 8.27. The Morgan fingerprint density at radius 3 is 2.82 bits per heavy atom. The van der Waals surface area contributed by atoms with Crippen molar-refractivity contribution in [2.24, 2.45) is 5.84 Å². The number of halogens is 1. The summed E-state index contributed by atoms with van der Waals surface area (Å²) in [6, 6.07) is 5.57. The Morgan fingerprint density at radius 2 is 2.27 bits per heavy atom. The molecular formula is C7H9BrN2O. The highest BCUT2D eigenvalue weighted by atomic mass is 79.9. The van der Waals surface area contributed by atoms with E-state index in [1.807, 2.05) is 18.2 Å². The molecule has 0 aliphatic heterocycles. The van der Waals surface area contributed by atoms with E-state index in [4.69, 9.17) is 10.6 Å². The van der Waals surface area contributed by atoms with Crippen LogP contribution in [0.25, 0.3) is 0 Å². The van der Waals surface area contributed by atoms with E-state index in [0.29, 0.717) is 0 Å². The Hall–Kier alpha value is -0.740. The fraction of sp³-hybridized carbons (Fsp3) is 0.143. The average Bonchev–Trinajstić information content (AvgIpc) is 2.05. The molecular weight excluding hydrogens is 208 g/mol. The van der Waals surface area contributed by atoms with Crippen LogP contribution in [-0.2, 0) is 0 Å². The lowest BCUT2D eigenvalue weighted by Gasteiger charge is -2.06. The van der Waals surface area contributed by atoms with Gasteiger partial charge in [-0.15, -0.1) is 0 Å². The van der Waals surface area contributed by atoms with E-state index in [1.165, 1.54) is 0 Å². The fourth-order valence-electron chi connectivity index (χ4n) is 0.780. The lowest BCUT2D eigenvalue weighted by Crippen LogP contribution is -2.07. The van der Waals surface area contributed by atoms with Gasteiger partial charge in [0.05, 0.1) is 17.3 Å². The minimum absolute atomic E-state index is 0.764. The molecule has 0 amide bonds. The third-order valence-corrected chi connectivity index (χ3v) is 2.16. The number of anilines is 1. The maximum atomic E-state index is 5.24. The van der Waals surface area contributed by atoms with Gasteiger partial charge in [0.15, 0.2) is 0 Å². The molecule has 0 heterocycles. The van der Waals surface area contributed by atoms with Gasteiger partial charge in [0.25, 0.3) is 0 Å². The maximum absolute atomic E-state index is 5.24. The Balaban J connectivity index is 3.10. The van der Waals surface area contributed by atoms with Gasteiger partial charge >= 0.3 is 0 Å². The van der Waals surface area contributed by atoms with Crippen molar-refractivity contribution >= 4 is 21.6 Å². The Bertz CT molecular complexity index is 230. The van der Waals surface area contributed by atoms with Crippen LogP contribution in [0.5, 0.6) is 5.75 Å². The normalized spacial score (nSPS) is 9.36. The quantitative estimate of drug-likeness (QED) is 0.585. The second-order valence-corrected chi connectivity index (χ2v) is 2.76. The van der Waals surface area contributed by atoms with Crippen LogP contribution >= 0.6 is 15.9 Å². The number of hydrazine groups is 1. The van der Waals surface area contributed by atoms with Gasteiger partial charge in [-0.2, -0.15) is 0 Å². The van der Waals surface area contributed by atoms with Gasteiger partial charge in [0.2, 0.25) is 0 Å². The number of rotatable bonds is 2. The predicted molar refractivity (Wildman–Crippen MR) is 48.5 cm³/mol. The Morgan fingerprint density at radius 1 is 1.55 bits per heavy atom. The first kappa shape index (κ1) is 8.36. The summed E-state index contributed by atoms with van der Waals surface area (Å²) in [5, 5.41) is 0. The van der Waals surface area contributed by atoms with E-state index in [9.17, 15) is 0 Å². The highest BCUT2D eigenvalue weighted by molar-refractivity contribution is 9.10. The second kappa shape index (κ2) is 3.59. The summed E-state index contributed by atoms with van der Waals surface area (Å²) in [5.74, 6) is 6.00. The van der Waals surface area contributed by atoms with Crippen molar-refractivity contribution in [1.29, 1.82) is 0 Å². The van der Waals surface area contributed by atoms with Gasteiger partial charge in [-0.3, -0.25) is 5.84 Å². The van der Waals surface area contributed by atoms with Gasteiger partial charge in [-0.1, -0.05) is 6.07 Å². The SMILES string of the molecule is COc1cccc(NN)c1Br. The smallest absolute Gasteiger partial charge is 0.135 e. The molecule has 0 aliphatic carbocycles. The minimum Gasteiger partial charge on any atom is -0.495 e. The van der Waals surface area contributed by atoms with Crippen molar-refractivity contribution in [2.75, 3.05) is 12.5 Å². The number of hydrogen-bond acceptors (Lipinski definition) is 3. The summed E-state index contributed by atoms with van der Waals surface area (Å²) < 4.78 is 5.88. The number of benzene rings is 1. The highest BCUT2D eigenvalue weighted by Gasteiger charge is 2.02. The van der Waals surface area contributed by atoms with Crippen molar-refractivity contribution in [3.8, 4) is 5.75 Å². The fourth-order valence-corrected chi connectivity index (χ4v) is 1.32. The number of nitrogens with two attached hydrogens (primary N) is 1. The van der Waals surface area contributed by atoms with Gasteiger partial charge in [-0.05, 0) is 28.1 Å². The van der Waals surface area contributed by atoms with E-state index in [0.717, 1.165) is 15.9 Å². The van der Waals surface area contributed by atoms with Gasteiger partial charge in [0, 0.05) is 0 Å². The summed E-state index contributed by atoms with van der Waals surface area (Å²) in [6.07, 6.45) is 0. The first-order valence-electron chi connectivity index (χ1n) is 3.08. The molecule has 1 rings (SSSR count).